The highest BCUT2D eigenvalue weighted by Crippen LogP contribution is 2.38. The first-order valence-corrected chi connectivity index (χ1v) is 10.3. The van der Waals surface area contributed by atoms with Crippen LogP contribution in [0.5, 0.6) is 5.75 Å². The fraction of sp³-hybridized carbons (Fsp3) is 0.636. The summed E-state index contributed by atoms with van der Waals surface area (Å²) in [5, 5.41) is 14.7. The lowest BCUT2D eigenvalue weighted by molar-refractivity contribution is -0.0236. The van der Waals surface area contributed by atoms with Gasteiger partial charge in [-0.05, 0) is 70.9 Å². The summed E-state index contributed by atoms with van der Waals surface area (Å²) < 4.78 is 11.5. The van der Waals surface area contributed by atoms with Crippen molar-refractivity contribution < 1.29 is 14.4 Å². The number of fused-ring (bicyclic) bond motifs is 1. The van der Waals surface area contributed by atoms with Gasteiger partial charge in [-0.2, -0.15) is 0 Å². The third-order valence-electron chi connectivity index (χ3n) is 6.47. The summed E-state index contributed by atoms with van der Waals surface area (Å²) in [6.07, 6.45) is 2.13. The number of aromatic nitrogens is 2. The molecule has 2 aromatic heterocycles. The van der Waals surface area contributed by atoms with E-state index < -0.39 is 6.10 Å². The predicted molar refractivity (Wildman–Crippen MR) is 106 cm³/mol. The van der Waals surface area contributed by atoms with Crippen LogP contribution in [0.4, 0.5) is 0 Å². The van der Waals surface area contributed by atoms with Crippen molar-refractivity contribution in [2.75, 3.05) is 19.6 Å². The lowest BCUT2D eigenvalue weighted by Crippen LogP contribution is -2.42. The van der Waals surface area contributed by atoms with Crippen LogP contribution in [-0.4, -0.2) is 52.0 Å². The van der Waals surface area contributed by atoms with E-state index in [1.54, 1.807) is 0 Å². The van der Waals surface area contributed by atoms with Crippen LogP contribution >= 0.6 is 0 Å². The van der Waals surface area contributed by atoms with Crippen LogP contribution in [0.1, 0.15) is 41.2 Å². The van der Waals surface area contributed by atoms with Crippen LogP contribution < -0.4 is 4.74 Å². The number of aliphatic hydroxyl groups excluding tert-OH is 1. The summed E-state index contributed by atoms with van der Waals surface area (Å²) in [5.74, 6) is 2.86. The molecule has 28 heavy (non-hydrogen) atoms. The van der Waals surface area contributed by atoms with E-state index in [9.17, 15) is 5.11 Å². The Kier molecular flexibility index (Phi) is 5.43. The SMILES string of the molecule is Cc1ccc(O[C@@H]2C[C@@H]3CN(CCc4c(C)noc4C)C[C@@H]3C[C@H]2O)c(C)n1. The van der Waals surface area contributed by atoms with Crippen LogP contribution in [0, 0.1) is 39.5 Å². The molecule has 1 N–H and O–H groups in total. The number of hydrogen-bond donors (Lipinski definition) is 1. The number of pyridine rings is 1. The van der Waals surface area contributed by atoms with E-state index in [1.807, 2.05) is 39.8 Å². The van der Waals surface area contributed by atoms with Gasteiger partial charge in [0, 0.05) is 30.9 Å². The first-order chi connectivity index (χ1) is 13.4. The molecule has 1 saturated heterocycles. The first-order valence-electron chi connectivity index (χ1n) is 10.3. The Balaban J connectivity index is 1.35. The van der Waals surface area contributed by atoms with Gasteiger partial charge in [-0.15, -0.1) is 0 Å². The minimum Gasteiger partial charge on any atom is -0.486 e. The van der Waals surface area contributed by atoms with Gasteiger partial charge in [-0.3, -0.25) is 4.98 Å². The summed E-state index contributed by atoms with van der Waals surface area (Å²) >= 11 is 0. The molecule has 4 rings (SSSR count). The quantitative estimate of drug-likeness (QED) is 0.853. The zero-order valence-corrected chi connectivity index (χ0v) is 17.3. The van der Waals surface area contributed by atoms with Crippen molar-refractivity contribution in [3.63, 3.8) is 0 Å². The lowest BCUT2D eigenvalue weighted by atomic mass is 9.78. The molecule has 2 aromatic rings. The van der Waals surface area contributed by atoms with Gasteiger partial charge in [-0.1, -0.05) is 5.16 Å². The molecular formula is C22H31N3O3. The highest BCUT2D eigenvalue weighted by Gasteiger charge is 2.42. The molecule has 3 heterocycles. The Morgan fingerprint density at radius 1 is 1.11 bits per heavy atom. The Labute approximate surface area is 166 Å². The molecule has 152 valence electrons. The van der Waals surface area contributed by atoms with Crippen molar-refractivity contribution in [3.05, 3.63) is 40.5 Å². The predicted octanol–water partition coefficient (Wildman–Crippen LogP) is 3.00. The molecule has 0 radical (unpaired) electrons. The van der Waals surface area contributed by atoms with E-state index in [0.29, 0.717) is 11.8 Å². The minimum atomic E-state index is -0.413. The van der Waals surface area contributed by atoms with Gasteiger partial charge >= 0.3 is 0 Å². The molecule has 6 heteroatoms. The Morgan fingerprint density at radius 2 is 1.86 bits per heavy atom. The van der Waals surface area contributed by atoms with E-state index in [1.165, 1.54) is 5.56 Å². The van der Waals surface area contributed by atoms with E-state index in [2.05, 4.69) is 15.0 Å². The number of hydrogen-bond acceptors (Lipinski definition) is 6. The lowest BCUT2D eigenvalue weighted by Gasteiger charge is -2.35. The molecule has 4 atom stereocenters. The molecule has 0 bridgehead atoms. The van der Waals surface area contributed by atoms with E-state index >= 15 is 0 Å². The number of ether oxygens (including phenoxy) is 1. The maximum absolute atomic E-state index is 10.7. The Hall–Kier alpha value is -1.92. The van der Waals surface area contributed by atoms with Crippen LogP contribution in [0.3, 0.4) is 0 Å². The molecule has 0 unspecified atom stereocenters. The van der Waals surface area contributed by atoms with Crippen molar-refractivity contribution >= 4 is 0 Å². The average molecular weight is 386 g/mol. The van der Waals surface area contributed by atoms with Crippen molar-refractivity contribution in [2.45, 2.75) is 59.2 Å². The smallest absolute Gasteiger partial charge is 0.141 e. The second-order valence-electron chi connectivity index (χ2n) is 8.56. The standard InChI is InChI=1S/C22H31N3O3/c1-13-5-6-21(15(3)23-13)27-22-10-18-12-25(11-17(18)9-20(22)26)8-7-19-14(2)24-28-16(19)4/h5-6,17-18,20,22,26H,7-12H2,1-4H3/t17-,18+,20+,22+/m0/s1. The van der Waals surface area contributed by atoms with E-state index in [-0.39, 0.29) is 6.10 Å². The molecule has 6 nitrogen and oxygen atoms in total. The van der Waals surface area contributed by atoms with Gasteiger partial charge in [0.1, 0.15) is 17.6 Å². The highest BCUT2D eigenvalue weighted by molar-refractivity contribution is 5.28. The van der Waals surface area contributed by atoms with Crippen LogP contribution in [-0.2, 0) is 6.42 Å². The highest BCUT2D eigenvalue weighted by atomic mass is 16.5. The number of aryl methyl sites for hydroxylation is 4. The fourth-order valence-corrected chi connectivity index (χ4v) is 4.89. The van der Waals surface area contributed by atoms with Gasteiger partial charge in [-0.25, -0.2) is 0 Å². The molecular weight excluding hydrogens is 354 g/mol. The molecule has 2 fully saturated rings. The maximum atomic E-state index is 10.7. The van der Waals surface area contributed by atoms with Gasteiger partial charge in [0.2, 0.25) is 0 Å². The topological polar surface area (TPSA) is 71.6 Å². The van der Waals surface area contributed by atoms with Gasteiger partial charge < -0.3 is 19.3 Å². The van der Waals surface area contributed by atoms with Gasteiger partial charge in [0.25, 0.3) is 0 Å². The normalized spacial score (nSPS) is 27.8. The molecule has 0 amide bonds. The summed E-state index contributed by atoms with van der Waals surface area (Å²) in [4.78, 5) is 7.00. The molecule has 1 aliphatic carbocycles. The van der Waals surface area contributed by atoms with Crippen molar-refractivity contribution in [1.29, 1.82) is 0 Å². The Bertz CT molecular complexity index is 815. The maximum Gasteiger partial charge on any atom is 0.141 e. The third-order valence-corrected chi connectivity index (χ3v) is 6.47. The summed E-state index contributed by atoms with van der Waals surface area (Å²) in [6, 6.07) is 3.94. The summed E-state index contributed by atoms with van der Waals surface area (Å²) in [7, 11) is 0. The molecule has 2 aliphatic rings. The second kappa shape index (κ2) is 7.84. The van der Waals surface area contributed by atoms with E-state index in [0.717, 1.165) is 67.5 Å². The monoisotopic (exact) mass is 385 g/mol. The largest absolute Gasteiger partial charge is 0.486 e. The fourth-order valence-electron chi connectivity index (χ4n) is 4.89. The molecule has 1 saturated carbocycles. The third kappa shape index (κ3) is 3.94. The molecule has 0 spiro atoms. The van der Waals surface area contributed by atoms with Crippen LogP contribution in [0.25, 0.3) is 0 Å². The van der Waals surface area contributed by atoms with Crippen molar-refractivity contribution in [1.82, 2.24) is 15.0 Å². The minimum absolute atomic E-state index is 0.146. The number of rotatable bonds is 5. The Morgan fingerprint density at radius 3 is 2.54 bits per heavy atom. The zero-order valence-electron chi connectivity index (χ0n) is 17.3. The number of likely N-dealkylation sites (tertiary alicyclic amines) is 1. The zero-order chi connectivity index (χ0) is 19.8. The average Bonchev–Trinajstić information content (AvgIpc) is 3.18. The first kappa shape index (κ1) is 19.4. The van der Waals surface area contributed by atoms with Crippen molar-refractivity contribution in [2.24, 2.45) is 11.8 Å². The second-order valence-corrected chi connectivity index (χ2v) is 8.56. The van der Waals surface area contributed by atoms with Crippen molar-refractivity contribution in [3.8, 4) is 5.75 Å². The molecule has 0 aromatic carbocycles. The van der Waals surface area contributed by atoms with Gasteiger partial charge in [0.15, 0.2) is 0 Å². The number of aliphatic hydroxyl groups is 1. The van der Waals surface area contributed by atoms with Crippen LogP contribution in [0.2, 0.25) is 0 Å². The summed E-state index contributed by atoms with van der Waals surface area (Å²) in [6.45, 7) is 11.1. The van der Waals surface area contributed by atoms with E-state index in [4.69, 9.17) is 9.26 Å². The van der Waals surface area contributed by atoms with Gasteiger partial charge in [0.05, 0.1) is 17.5 Å². The summed E-state index contributed by atoms with van der Waals surface area (Å²) in [5.41, 5.74) is 4.11. The number of nitrogens with zero attached hydrogens (tertiary/aromatic N) is 3. The molecule has 1 aliphatic heterocycles. The van der Waals surface area contributed by atoms with Crippen LogP contribution in [0.15, 0.2) is 16.7 Å².